The molecule has 1 aromatic carbocycles. The van der Waals surface area contributed by atoms with Crippen molar-refractivity contribution in [3.05, 3.63) is 34.3 Å². The number of hydrogen-bond acceptors (Lipinski definition) is 1. The van der Waals surface area contributed by atoms with Gasteiger partial charge in [-0.15, -0.1) is 0 Å². The third-order valence-electron chi connectivity index (χ3n) is 5.07. The molecule has 1 nitrogen and oxygen atoms in total. The van der Waals surface area contributed by atoms with Crippen LogP contribution in [0.4, 0.5) is 0 Å². The van der Waals surface area contributed by atoms with Crippen LogP contribution in [0.1, 0.15) is 52.0 Å². The van der Waals surface area contributed by atoms with Gasteiger partial charge in [0.1, 0.15) is 0 Å². The molecule has 0 aromatic heterocycles. The van der Waals surface area contributed by atoms with Crippen molar-refractivity contribution in [1.82, 2.24) is 0 Å². The molecule has 0 atom stereocenters. The molecule has 2 heteroatoms. The van der Waals surface area contributed by atoms with E-state index in [4.69, 9.17) is 0 Å². The highest BCUT2D eigenvalue weighted by atomic mass is 79.9. The van der Waals surface area contributed by atoms with Crippen LogP contribution in [-0.2, 0) is 6.42 Å². The Morgan fingerprint density at radius 3 is 2.40 bits per heavy atom. The maximum Gasteiger partial charge on any atom is 0.0490 e. The predicted molar refractivity (Wildman–Crippen MR) is 88.8 cm³/mol. The normalized spacial score (nSPS) is 27.6. The van der Waals surface area contributed by atoms with E-state index in [9.17, 15) is 5.11 Å². The molecule has 0 saturated heterocycles. The smallest absolute Gasteiger partial charge is 0.0490 e. The van der Waals surface area contributed by atoms with Crippen LogP contribution in [0.25, 0.3) is 0 Å². The van der Waals surface area contributed by atoms with Crippen LogP contribution in [0.5, 0.6) is 0 Å². The number of hydrogen-bond donors (Lipinski definition) is 1. The lowest BCUT2D eigenvalue weighted by Crippen LogP contribution is -2.36. The highest BCUT2D eigenvalue weighted by Crippen LogP contribution is 2.46. The summed E-state index contributed by atoms with van der Waals surface area (Å²) in [7, 11) is 0. The monoisotopic (exact) mass is 338 g/mol. The lowest BCUT2D eigenvalue weighted by atomic mass is 9.62. The molecule has 1 aliphatic rings. The molecule has 0 spiro atoms. The van der Waals surface area contributed by atoms with E-state index in [0.29, 0.717) is 12.0 Å². The van der Waals surface area contributed by atoms with Crippen molar-refractivity contribution in [1.29, 1.82) is 0 Å². The van der Waals surface area contributed by atoms with Crippen LogP contribution >= 0.6 is 15.9 Å². The molecule has 20 heavy (non-hydrogen) atoms. The topological polar surface area (TPSA) is 20.2 Å². The molecule has 1 saturated carbocycles. The summed E-state index contributed by atoms with van der Waals surface area (Å²) in [5.74, 6) is 0.796. The van der Waals surface area contributed by atoms with Crippen molar-refractivity contribution in [2.75, 3.05) is 6.61 Å². The van der Waals surface area contributed by atoms with Crippen molar-refractivity contribution < 1.29 is 5.11 Å². The first kappa shape index (κ1) is 16.0. The van der Waals surface area contributed by atoms with E-state index in [0.717, 1.165) is 29.7 Å². The van der Waals surface area contributed by atoms with Crippen LogP contribution in [0.15, 0.2) is 28.7 Å². The zero-order valence-corrected chi connectivity index (χ0v) is 14.5. The summed E-state index contributed by atoms with van der Waals surface area (Å²) in [4.78, 5) is 0. The summed E-state index contributed by atoms with van der Waals surface area (Å²) >= 11 is 3.54. The molecule has 1 aliphatic carbocycles. The van der Waals surface area contributed by atoms with E-state index in [2.05, 4.69) is 61.0 Å². The highest BCUT2D eigenvalue weighted by Gasteiger charge is 2.38. The van der Waals surface area contributed by atoms with Gasteiger partial charge in [0, 0.05) is 11.1 Å². The summed E-state index contributed by atoms with van der Waals surface area (Å²) in [6.45, 7) is 7.35. The minimum atomic E-state index is 0.0997. The molecule has 0 radical (unpaired) electrons. The molecule has 0 aliphatic heterocycles. The lowest BCUT2D eigenvalue weighted by Gasteiger charge is -2.43. The van der Waals surface area contributed by atoms with Gasteiger partial charge in [-0.05, 0) is 66.5 Å². The Balaban J connectivity index is 2.05. The lowest BCUT2D eigenvalue weighted by molar-refractivity contribution is 0.0369. The molecule has 1 fully saturated rings. The summed E-state index contributed by atoms with van der Waals surface area (Å²) < 4.78 is 1.13. The number of rotatable bonds is 3. The molecule has 0 unspecified atom stereocenters. The Hall–Kier alpha value is -0.340. The van der Waals surface area contributed by atoms with Gasteiger partial charge in [0.25, 0.3) is 0 Å². The fourth-order valence-electron chi connectivity index (χ4n) is 3.57. The first-order valence-electron chi connectivity index (χ1n) is 7.70. The fraction of sp³-hybridized carbons (Fsp3) is 0.667. The van der Waals surface area contributed by atoms with Crippen LogP contribution in [0.2, 0.25) is 0 Å². The Bertz CT molecular complexity index is 439. The van der Waals surface area contributed by atoms with E-state index in [1.165, 1.54) is 18.4 Å². The van der Waals surface area contributed by atoms with Gasteiger partial charge >= 0.3 is 0 Å². The third kappa shape index (κ3) is 3.85. The molecule has 0 amide bonds. The molecule has 0 bridgehead atoms. The zero-order chi connectivity index (χ0) is 14.8. The molecule has 112 valence electrons. The zero-order valence-electron chi connectivity index (χ0n) is 13.0. The van der Waals surface area contributed by atoms with Crippen molar-refractivity contribution in [3.8, 4) is 0 Å². The number of halogens is 1. The van der Waals surface area contributed by atoms with Crippen LogP contribution in [0, 0.1) is 16.7 Å². The molecular weight excluding hydrogens is 312 g/mol. The Labute approximate surface area is 131 Å². The quantitative estimate of drug-likeness (QED) is 0.802. The molecule has 2 rings (SSSR count). The van der Waals surface area contributed by atoms with Gasteiger partial charge in [-0.25, -0.2) is 0 Å². The van der Waals surface area contributed by atoms with Gasteiger partial charge < -0.3 is 5.11 Å². The van der Waals surface area contributed by atoms with Crippen LogP contribution < -0.4 is 0 Å². The van der Waals surface area contributed by atoms with Gasteiger partial charge in [-0.3, -0.25) is 0 Å². The minimum absolute atomic E-state index is 0.0997. The third-order valence-corrected chi connectivity index (χ3v) is 5.57. The van der Waals surface area contributed by atoms with Crippen LogP contribution in [-0.4, -0.2) is 11.7 Å². The Morgan fingerprint density at radius 2 is 1.90 bits per heavy atom. The van der Waals surface area contributed by atoms with Gasteiger partial charge in [-0.1, -0.05) is 48.8 Å². The maximum absolute atomic E-state index is 9.95. The van der Waals surface area contributed by atoms with Gasteiger partial charge in [0.05, 0.1) is 0 Å². The van der Waals surface area contributed by atoms with E-state index in [1.807, 2.05) is 0 Å². The standard InChI is InChI=1S/C18H27BrO/c1-17(2,3)15-7-9-18(13-20,10-8-15)12-14-5-4-6-16(19)11-14/h4-6,11,15,20H,7-10,12-13H2,1-3H3. The second-order valence-corrected chi connectivity index (χ2v) is 8.52. The summed E-state index contributed by atoms with van der Waals surface area (Å²) in [5.41, 5.74) is 1.84. The SMILES string of the molecule is CC(C)(C)C1CCC(CO)(Cc2cccc(Br)c2)CC1. The fourth-order valence-corrected chi connectivity index (χ4v) is 4.01. The predicted octanol–water partition coefficient (Wildman–Crippen LogP) is 5.21. The summed E-state index contributed by atoms with van der Waals surface area (Å²) in [6.07, 6.45) is 5.80. The van der Waals surface area contributed by atoms with Crippen LogP contribution in [0.3, 0.4) is 0 Å². The average Bonchev–Trinajstić information content (AvgIpc) is 2.38. The number of aliphatic hydroxyl groups excluding tert-OH is 1. The van der Waals surface area contributed by atoms with E-state index in [1.54, 1.807) is 0 Å². The molecule has 1 aromatic rings. The van der Waals surface area contributed by atoms with Crippen molar-refractivity contribution in [2.24, 2.45) is 16.7 Å². The van der Waals surface area contributed by atoms with E-state index >= 15 is 0 Å². The van der Waals surface area contributed by atoms with Crippen molar-refractivity contribution >= 4 is 15.9 Å². The first-order valence-corrected chi connectivity index (χ1v) is 8.49. The maximum atomic E-state index is 9.95. The average molecular weight is 339 g/mol. The van der Waals surface area contributed by atoms with Crippen molar-refractivity contribution in [3.63, 3.8) is 0 Å². The Morgan fingerprint density at radius 1 is 1.25 bits per heavy atom. The minimum Gasteiger partial charge on any atom is -0.396 e. The second kappa shape index (κ2) is 6.19. The number of aliphatic hydroxyl groups is 1. The van der Waals surface area contributed by atoms with Gasteiger partial charge in [0.2, 0.25) is 0 Å². The second-order valence-electron chi connectivity index (χ2n) is 7.61. The molecule has 1 N–H and O–H groups in total. The summed E-state index contributed by atoms with van der Waals surface area (Å²) in [6, 6.07) is 8.52. The van der Waals surface area contributed by atoms with Crippen molar-refractivity contribution in [2.45, 2.75) is 52.9 Å². The number of benzene rings is 1. The Kier molecular flexibility index (Phi) is 4.96. The van der Waals surface area contributed by atoms with E-state index < -0.39 is 0 Å². The first-order chi connectivity index (χ1) is 9.35. The van der Waals surface area contributed by atoms with Gasteiger partial charge in [-0.2, -0.15) is 0 Å². The molecule has 0 heterocycles. The van der Waals surface area contributed by atoms with E-state index in [-0.39, 0.29) is 5.41 Å². The summed E-state index contributed by atoms with van der Waals surface area (Å²) in [5, 5.41) is 9.95. The highest BCUT2D eigenvalue weighted by molar-refractivity contribution is 9.10. The van der Waals surface area contributed by atoms with Gasteiger partial charge in [0.15, 0.2) is 0 Å². The largest absolute Gasteiger partial charge is 0.396 e. The molecular formula is C18H27BrO.